The minimum atomic E-state index is -1.10. The van der Waals surface area contributed by atoms with Crippen molar-refractivity contribution in [3.63, 3.8) is 0 Å². The lowest BCUT2D eigenvalue weighted by Crippen LogP contribution is -2.20. The first-order valence-electron chi connectivity index (χ1n) is 4.83. The maximum Gasteiger partial charge on any atom is 0.355 e. The van der Waals surface area contributed by atoms with Gasteiger partial charge in [-0.3, -0.25) is 4.90 Å². The molecule has 1 aromatic heterocycles. The van der Waals surface area contributed by atoms with Crippen LogP contribution >= 0.6 is 0 Å². The number of nitrogen functional groups attached to an aromatic ring is 1. The topological polar surface area (TPSA) is 113 Å². The number of carboxylic acid groups (broad SMARTS) is 1. The van der Waals surface area contributed by atoms with E-state index in [0.29, 0.717) is 30.9 Å². The number of hydrogen-bond donors (Lipinski definition) is 3. The molecule has 16 heavy (non-hydrogen) atoms. The van der Waals surface area contributed by atoms with Crippen LogP contribution < -0.4 is 5.73 Å². The smallest absolute Gasteiger partial charge is 0.355 e. The zero-order chi connectivity index (χ0) is 11.7. The van der Waals surface area contributed by atoms with Crippen LogP contribution in [0.25, 0.3) is 0 Å². The third-order valence-electron chi connectivity index (χ3n) is 2.48. The molecule has 4 N–H and O–H groups in total. The minimum Gasteiger partial charge on any atom is -0.476 e. The largest absolute Gasteiger partial charge is 0.476 e. The lowest BCUT2D eigenvalue weighted by atomic mass is 10.2. The molecular weight excluding hydrogens is 212 g/mol. The van der Waals surface area contributed by atoms with Crippen LogP contribution in [0.1, 0.15) is 21.7 Å². The number of aliphatic hydroxyl groups is 1. The van der Waals surface area contributed by atoms with Gasteiger partial charge in [-0.2, -0.15) is 0 Å². The molecule has 2 rings (SSSR count). The molecule has 0 radical (unpaired) electrons. The Hall–Kier alpha value is -1.73. The van der Waals surface area contributed by atoms with Crippen LogP contribution in [0.4, 0.5) is 5.95 Å². The number of nitrogens with zero attached hydrogens (tertiary/aromatic N) is 3. The van der Waals surface area contributed by atoms with E-state index in [1.54, 1.807) is 0 Å². The molecule has 7 nitrogen and oxygen atoms in total. The number of aliphatic hydroxyl groups excluding tert-OH is 1. The number of β-amino-alcohol motifs (C(OH)–C–C–N with tert-alkyl or cyclic N) is 1. The zero-order valence-corrected chi connectivity index (χ0v) is 8.55. The van der Waals surface area contributed by atoms with Gasteiger partial charge in [0.15, 0.2) is 5.69 Å². The third-order valence-corrected chi connectivity index (χ3v) is 2.48. The highest BCUT2D eigenvalue weighted by Gasteiger charge is 2.26. The number of carbonyl (C=O) groups is 1. The Balaban J connectivity index is 2.36. The van der Waals surface area contributed by atoms with E-state index in [1.165, 1.54) is 0 Å². The summed E-state index contributed by atoms with van der Waals surface area (Å²) in [5.41, 5.74) is 6.63. The maximum atomic E-state index is 11.0. The molecule has 1 aromatic rings. The molecule has 0 bridgehead atoms. The highest BCUT2D eigenvalue weighted by molar-refractivity contribution is 5.87. The Morgan fingerprint density at radius 1 is 1.44 bits per heavy atom. The minimum absolute atomic E-state index is 0.0259. The standard InChI is InChI=1S/C9H12N4O3/c10-9-11-6-4-13(1-2-14)3-5(6)7(12-9)8(15)16/h14H,1-4H2,(H,15,16)(H2,10,11,12). The summed E-state index contributed by atoms with van der Waals surface area (Å²) in [4.78, 5) is 20.6. The van der Waals surface area contributed by atoms with E-state index in [9.17, 15) is 4.79 Å². The van der Waals surface area contributed by atoms with Crippen molar-refractivity contribution in [3.05, 3.63) is 17.0 Å². The van der Waals surface area contributed by atoms with Gasteiger partial charge < -0.3 is 15.9 Å². The molecule has 0 aliphatic carbocycles. The molecular formula is C9H12N4O3. The predicted molar refractivity (Wildman–Crippen MR) is 54.6 cm³/mol. The Morgan fingerprint density at radius 2 is 2.19 bits per heavy atom. The molecule has 1 aliphatic rings. The van der Waals surface area contributed by atoms with Crippen LogP contribution in [0.5, 0.6) is 0 Å². The van der Waals surface area contributed by atoms with Gasteiger partial charge in [0, 0.05) is 25.2 Å². The van der Waals surface area contributed by atoms with Gasteiger partial charge in [-0.25, -0.2) is 14.8 Å². The van der Waals surface area contributed by atoms with Crippen LogP contribution in [0.2, 0.25) is 0 Å². The van der Waals surface area contributed by atoms with E-state index in [1.807, 2.05) is 4.90 Å². The Kier molecular flexibility index (Phi) is 2.71. The molecule has 0 saturated carbocycles. The van der Waals surface area contributed by atoms with Crippen LogP contribution in [0, 0.1) is 0 Å². The summed E-state index contributed by atoms with van der Waals surface area (Å²) in [7, 11) is 0. The Bertz CT molecular complexity index is 435. The molecule has 0 unspecified atom stereocenters. The average Bonchev–Trinajstić information content (AvgIpc) is 2.59. The van der Waals surface area contributed by atoms with E-state index in [4.69, 9.17) is 15.9 Å². The summed E-state index contributed by atoms with van der Waals surface area (Å²) >= 11 is 0. The van der Waals surface area contributed by atoms with Gasteiger partial charge in [0.2, 0.25) is 5.95 Å². The summed E-state index contributed by atoms with van der Waals surface area (Å²) in [5.74, 6) is -1.13. The van der Waals surface area contributed by atoms with Gasteiger partial charge in [0.25, 0.3) is 0 Å². The highest BCUT2D eigenvalue weighted by Crippen LogP contribution is 2.23. The molecule has 0 atom stereocenters. The fourth-order valence-corrected chi connectivity index (χ4v) is 1.81. The van der Waals surface area contributed by atoms with Crippen LogP contribution in [0.3, 0.4) is 0 Å². The van der Waals surface area contributed by atoms with E-state index in [2.05, 4.69) is 9.97 Å². The number of rotatable bonds is 3. The van der Waals surface area contributed by atoms with E-state index in [-0.39, 0.29) is 18.2 Å². The van der Waals surface area contributed by atoms with E-state index >= 15 is 0 Å². The normalized spacial score (nSPS) is 15.1. The fourth-order valence-electron chi connectivity index (χ4n) is 1.81. The van der Waals surface area contributed by atoms with Gasteiger partial charge in [0.05, 0.1) is 12.3 Å². The first-order valence-corrected chi connectivity index (χ1v) is 4.83. The van der Waals surface area contributed by atoms with Gasteiger partial charge in [-0.05, 0) is 0 Å². The molecule has 0 spiro atoms. The molecule has 0 saturated heterocycles. The molecule has 0 amide bonds. The van der Waals surface area contributed by atoms with E-state index < -0.39 is 5.97 Å². The van der Waals surface area contributed by atoms with Gasteiger partial charge in [-0.15, -0.1) is 0 Å². The average molecular weight is 224 g/mol. The second kappa shape index (κ2) is 4.03. The van der Waals surface area contributed by atoms with E-state index in [0.717, 1.165) is 0 Å². The van der Waals surface area contributed by atoms with Crippen LogP contribution in [-0.2, 0) is 13.1 Å². The van der Waals surface area contributed by atoms with Gasteiger partial charge in [-0.1, -0.05) is 0 Å². The quantitative estimate of drug-likeness (QED) is 0.607. The molecule has 7 heteroatoms. The fraction of sp³-hybridized carbons (Fsp3) is 0.444. The first kappa shape index (κ1) is 10.8. The summed E-state index contributed by atoms with van der Waals surface area (Å²) in [6.07, 6.45) is 0. The zero-order valence-electron chi connectivity index (χ0n) is 8.55. The third kappa shape index (κ3) is 1.82. The Morgan fingerprint density at radius 3 is 2.81 bits per heavy atom. The van der Waals surface area contributed by atoms with Crippen molar-refractivity contribution in [2.45, 2.75) is 13.1 Å². The lowest BCUT2D eigenvalue weighted by Gasteiger charge is -2.11. The Labute approximate surface area is 91.5 Å². The van der Waals surface area contributed by atoms with Crippen molar-refractivity contribution in [2.75, 3.05) is 18.9 Å². The monoisotopic (exact) mass is 224 g/mol. The van der Waals surface area contributed by atoms with Gasteiger partial charge >= 0.3 is 5.97 Å². The van der Waals surface area contributed by atoms with Crippen molar-refractivity contribution >= 4 is 11.9 Å². The summed E-state index contributed by atoms with van der Waals surface area (Å²) < 4.78 is 0. The van der Waals surface area contributed by atoms with Gasteiger partial charge in [0.1, 0.15) is 0 Å². The maximum absolute atomic E-state index is 11.0. The number of fused-ring (bicyclic) bond motifs is 1. The van der Waals surface area contributed by atoms with Crippen molar-refractivity contribution < 1.29 is 15.0 Å². The lowest BCUT2D eigenvalue weighted by molar-refractivity contribution is 0.0688. The highest BCUT2D eigenvalue weighted by atomic mass is 16.4. The SMILES string of the molecule is Nc1nc2c(c(C(=O)O)n1)CN(CCO)C2. The first-order chi connectivity index (χ1) is 7.61. The molecule has 86 valence electrons. The second-order valence-electron chi connectivity index (χ2n) is 3.60. The number of aromatic carboxylic acids is 1. The van der Waals surface area contributed by atoms with Crippen molar-refractivity contribution in [1.82, 2.24) is 14.9 Å². The summed E-state index contributed by atoms with van der Waals surface area (Å²) in [6, 6.07) is 0. The van der Waals surface area contributed by atoms with Crippen LogP contribution in [-0.4, -0.2) is 44.2 Å². The number of aromatic nitrogens is 2. The molecule has 1 aliphatic heterocycles. The van der Waals surface area contributed by atoms with Crippen molar-refractivity contribution in [2.24, 2.45) is 0 Å². The number of anilines is 1. The number of hydrogen-bond acceptors (Lipinski definition) is 6. The molecule has 0 fully saturated rings. The van der Waals surface area contributed by atoms with Crippen molar-refractivity contribution in [1.29, 1.82) is 0 Å². The summed E-state index contributed by atoms with van der Waals surface area (Å²) in [5, 5.41) is 17.8. The number of carboxylic acids is 1. The van der Waals surface area contributed by atoms with Crippen molar-refractivity contribution in [3.8, 4) is 0 Å². The summed E-state index contributed by atoms with van der Waals surface area (Å²) in [6.45, 7) is 1.45. The predicted octanol–water partition coefficient (Wildman–Crippen LogP) is -0.935. The van der Waals surface area contributed by atoms with Crippen LogP contribution in [0.15, 0.2) is 0 Å². The molecule has 0 aromatic carbocycles. The second-order valence-corrected chi connectivity index (χ2v) is 3.60. The molecule has 2 heterocycles. The number of nitrogens with two attached hydrogens (primary N) is 1.